The fraction of sp³-hybridized carbons (Fsp3) is 0.769. The molecule has 0 radical (unpaired) electrons. The molecule has 15 heavy (non-hydrogen) atoms. The zero-order valence-electron chi connectivity index (χ0n) is 9.37. The van der Waals surface area contributed by atoms with Gasteiger partial charge in [-0.2, -0.15) is 0 Å². The number of allylic oxidation sites excluding steroid dienone is 1. The molecule has 2 saturated heterocycles. The van der Waals surface area contributed by atoms with Crippen LogP contribution in [0.4, 0.5) is 0 Å². The van der Waals surface area contributed by atoms with E-state index in [2.05, 4.69) is 11.9 Å². The summed E-state index contributed by atoms with van der Waals surface area (Å²) in [6.45, 7) is 3.67. The van der Waals surface area contributed by atoms with Crippen molar-refractivity contribution in [3.63, 3.8) is 0 Å². The van der Waals surface area contributed by atoms with Gasteiger partial charge < -0.3 is 5.32 Å². The van der Waals surface area contributed by atoms with Gasteiger partial charge in [0.25, 0.3) is 0 Å². The Morgan fingerprint density at radius 2 is 2.00 bits per heavy atom. The molecule has 84 valence electrons. The largest absolute Gasteiger partial charge is 0.311 e. The van der Waals surface area contributed by atoms with Gasteiger partial charge >= 0.3 is 0 Å². The molecule has 0 aromatic heterocycles. The van der Waals surface area contributed by atoms with E-state index < -0.39 is 0 Å². The molecule has 0 amide bonds. The molecule has 2 nitrogen and oxygen atoms in total. The van der Waals surface area contributed by atoms with Crippen LogP contribution in [0.2, 0.25) is 0 Å². The Hall–Kier alpha value is -0.630. The molecule has 2 unspecified atom stereocenters. The van der Waals surface area contributed by atoms with Gasteiger partial charge in [-0.15, -0.1) is 6.58 Å². The minimum atomic E-state index is 0.335. The van der Waals surface area contributed by atoms with Gasteiger partial charge in [-0.25, -0.2) is 0 Å². The normalized spacial score (nSPS) is 34.8. The first-order valence-corrected chi connectivity index (χ1v) is 6.19. The van der Waals surface area contributed by atoms with Crippen molar-refractivity contribution in [1.29, 1.82) is 0 Å². The van der Waals surface area contributed by atoms with Crippen molar-refractivity contribution in [3.8, 4) is 0 Å². The number of carbonyl (C=O) groups is 1. The predicted molar refractivity (Wildman–Crippen MR) is 61.7 cm³/mol. The highest BCUT2D eigenvalue weighted by atomic mass is 16.1. The van der Waals surface area contributed by atoms with Gasteiger partial charge in [0.05, 0.1) is 0 Å². The number of carbonyl (C=O) groups excluding carboxylic acids is 1. The van der Waals surface area contributed by atoms with Crippen molar-refractivity contribution in [2.75, 3.05) is 0 Å². The van der Waals surface area contributed by atoms with E-state index in [9.17, 15) is 4.79 Å². The Kier molecular flexibility index (Phi) is 3.57. The third kappa shape index (κ3) is 2.69. The zero-order valence-corrected chi connectivity index (χ0v) is 9.37. The molecule has 2 aliphatic rings. The summed E-state index contributed by atoms with van der Waals surface area (Å²) in [4.78, 5) is 11.9. The molecule has 1 N–H and O–H groups in total. The van der Waals surface area contributed by atoms with E-state index in [1.807, 2.05) is 6.08 Å². The van der Waals surface area contributed by atoms with Gasteiger partial charge in [0.2, 0.25) is 0 Å². The molecule has 0 spiro atoms. The topological polar surface area (TPSA) is 29.1 Å². The van der Waals surface area contributed by atoms with Crippen LogP contribution in [0.1, 0.15) is 44.9 Å². The van der Waals surface area contributed by atoms with Crippen LogP contribution in [0.15, 0.2) is 12.7 Å². The van der Waals surface area contributed by atoms with Crippen LogP contribution >= 0.6 is 0 Å². The molecule has 0 aliphatic carbocycles. The van der Waals surface area contributed by atoms with E-state index in [-0.39, 0.29) is 0 Å². The zero-order chi connectivity index (χ0) is 10.7. The number of ketones is 1. The Balaban J connectivity index is 1.87. The SMILES string of the molecule is C=CCCC(=O)C1CC2CCCC(C1)N2. The van der Waals surface area contributed by atoms with Gasteiger partial charge in [0, 0.05) is 24.4 Å². The van der Waals surface area contributed by atoms with E-state index in [1.165, 1.54) is 19.3 Å². The van der Waals surface area contributed by atoms with Gasteiger partial charge in [0.1, 0.15) is 5.78 Å². The van der Waals surface area contributed by atoms with E-state index in [4.69, 9.17) is 0 Å². The number of fused-ring (bicyclic) bond motifs is 2. The minimum Gasteiger partial charge on any atom is -0.311 e. The second kappa shape index (κ2) is 4.93. The van der Waals surface area contributed by atoms with Crippen molar-refractivity contribution in [3.05, 3.63) is 12.7 Å². The molecular formula is C13H21NO. The first kappa shape index (κ1) is 10.9. The summed E-state index contributed by atoms with van der Waals surface area (Å²) in [5, 5.41) is 3.62. The average molecular weight is 207 g/mol. The smallest absolute Gasteiger partial charge is 0.136 e. The monoisotopic (exact) mass is 207 g/mol. The standard InChI is InChI=1S/C13H21NO/c1-2-3-7-13(15)10-8-11-5-4-6-12(9-10)14-11/h2,10-12,14H,1,3-9H2. The summed E-state index contributed by atoms with van der Waals surface area (Å²) in [6, 6.07) is 1.24. The van der Waals surface area contributed by atoms with Gasteiger partial charge in [-0.3, -0.25) is 4.79 Å². The molecule has 2 rings (SSSR count). The molecule has 0 aromatic carbocycles. The van der Waals surface area contributed by atoms with E-state index in [0.29, 0.717) is 30.2 Å². The predicted octanol–water partition coefficient (Wildman–Crippen LogP) is 2.44. The highest BCUT2D eigenvalue weighted by Gasteiger charge is 2.33. The summed E-state index contributed by atoms with van der Waals surface area (Å²) in [5.74, 6) is 0.801. The maximum atomic E-state index is 11.9. The molecule has 2 aliphatic heterocycles. The third-order valence-electron chi connectivity index (χ3n) is 3.76. The Morgan fingerprint density at radius 3 is 2.60 bits per heavy atom. The second-order valence-electron chi connectivity index (χ2n) is 4.95. The Morgan fingerprint density at radius 1 is 1.33 bits per heavy atom. The van der Waals surface area contributed by atoms with E-state index in [1.54, 1.807) is 0 Å². The van der Waals surface area contributed by atoms with Crippen molar-refractivity contribution in [2.24, 2.45) is 5.92 Å². The molecule has 2 atom stereocenters. The first-order chi connectivity index (χ1) is 7.29. The van der Waals surface area contributed by atoms with Crippen LogP contribution in [0.3, 0.4) is 0 Å². The Labute approximate surface area is 92.1 Å². The van der Waals surface area contributed by atoms with Gasteiger partial charge in [-0.05, 0) is 32.1 Å². The van der Waals surface area contributed by atoms with Crippen LogP contribution in [-0.2, 0) is 4.79 Å². The highest BCUT2D eigenvalue weighted by molar-refractivity contribution is 5.81. The number of Topliss-reactive ketones (excluding diaryl/α,β-unsaturated/α-hetero) is 1. The van der Waals surface area contributed by atoms with Crippen LogP contribution in [0.25, 0.3) is 0 Å². The lowest BCUT2D eigenvalue weighted by atomic mass is 9.78. The van der Waals surface area contributed by atoms with Crippen molar-refractivity contribution >= 4 is 5.78 Å². The summed E-state index contributed by atoms with van der Waals surface area (Å²) >= 11 is 0. The molecule has 2 fully saturated rings. The number of hydrogen-bond acceptors (Lipinski definition) is 2. The molecule has 2 heteroatoms. The van der Waals surface area contributed by atoms with Gasteiger partial charge in [-0.1, -0.05) is 12.5 Å². The van der Waals surface area contributed by atoms with Crippen LogP contribution < -0.4 is 5.32 Å². The van der Waals surface area contributed by atoms with Crippen LogP contribution in [0.5, 0.6) is 0 Å². The third-order valence-corrected chi connectivity index (χ3v) is 3.76. The quantitative estimate of drug-likeness (QED) is 0.717. The lowest BCUT2D eigenvalue weighted by molar-refractivity contribution is -0.124. The van der Waals surface area contributed by atoms with Crippen molar-refractivity contribution < 1.29 is 4.79 Å². The fourth-order valence-corrected chi connectivity index (χ4v) is 2.98. The minimum absolute atomic E-state index is 0.335. The molecule has 2 bridgehead atoms. The lowest BCUT2D eigenvalue weighted by Crippen LogP contribution is -2.50. The molecule has 2 heterocycles. The summed E-state index contributed by atoms with van der Waals surface area (Å²) in [5.41, 5.74) is 0. The number of piperidine rings is 2. The highest BCUT2D eigenvalue weighted by Crippen LogP contribution is 2.30. The summed E-state index contributed by atoms with van der Waals surface area (Å²) in [7, 11) is 0. The molecule has 0 aromatic rings. The average Bonchev–Trinajstić information content (AvgIpc) is 2.25. The van der Waals surface area contributed by atoms with Crippen LogP contribution in [0, 0.1) is 5.92 Å². The van der Waals surface area contributed by atoms with E-state index in [0.717, 1.165) is 19.3 Å². The Bertz CT molecular complexity index is 237. The van der Waals surface area contributed by atoms with Gasteiger partial charge in [0.15, 0.2) is 0 Å². The molecule has 0 saturated carbocycles. The first-order valence-electron chi connectivity index (χ1n) is 6.19. The number of rotatable bonds is 4. The summed E-state index contributed by atoms with van der Waals surface area (Å²) < 4.78 is 0. The number of hydrogen-bond donors (Lipinski definition) is 1. The fourth-order valence-electron chi connectivity index (χ4n) is 2.98. The maximum Gasteiger partial charge on any atom is 0.136 e. The summed E-state index contributed by atoms with van der Waals surface area (Å²) in [6.07, 6.45) is 9.42. The molecular weight excluding hydrogens is 186 g/mol. The van der Waals surface area contributed by atoms with Crippen molar-refractivity contribution in [2.45, 2.75) is 57.0 Å². The maximum absolute atomic E-state index is 11.9. The lowest BCUT2D eigenvalue weighted by Gasteiger charge is -2.39. The van der Waals surface area contributed by atoms with Crippen molar-refractivity contribution in [1.82, 2.24) is 5.32 Å². The second-order valence-corrected chi connectivity index (χ2v) is 4.95. The van der Waals surface area contributed by atoms with Crippen LogP contribution in [-0.4, -0.2) is 17.9 Å². The number of nitrogens with one attached hydrogen (secondary N) is 1. The van der Waals surface area contributed by atoms with E-state index >= 15 is 0 Å².